The average Bonchev–Trinajstić information content (AvgIpc) is 3.22. The van der Waals surface area contributed by atoms with Gasteiger partial charge < -0.3 is 14.7 Å². The minimum atomic E-state index is 0.169. The van der Waals surface area contributed by atoms with Gasteiger partial charge in [-0.05, 0) is 42.0 Å². The maximum absolute atomic E-state index is 12.6. The summed E-state index contributed by atoms with van der Waals surface area (Å²) in [5.74, 6) is 1.70. The second-order valence-corrected chi connectivity index (χ2v) is 9.44. The van der Waals surface area contributed by atoms with Crippen molar-refractivity contribution >= 4 is 5.91 Å². The van der Waals surface area contributed by atoms with Crippen molar-refractivity contribution in [2.45, 2.75) is 57.5 Å². The molecular weight excluding hydrogens is 400 g/mol. The second kappa shape index (κ2) is 10.4. The van der Waals surface area contributed by atoms with Gasteiger partial charge in [0.05, 0.1) is 7.11 Å². The number of carbonyl (C=O) groups is 1. The molecule has 4 rings (SSSR count). The van der Waals surface area contributed by atoms with Gasteiger partial charge in [0, 0.05) is 45.1 Å². The Bertz CT molecular complexity index is 895. The number of carbonyl (C=O) groups excluding carboxylic acids is 1. The Morgan fingerprint density at radius 2 is 1.84 bits per heavy atom. The molecule has 1 saturated heterocycles. The van der Waals surface area contributed by atoms with Gasteiger partial charge >= 0.3 is 0 Å². The third-order valence-corrected chi connectivity index (χ3v) is 7.25. The van der Waals surface area contributed by atoms with Crippen LogP contribution in [0.25, 0.3) is 0 Å². The van der Waals surface area contributed by atoms with Gasteiger partial charge in [0.1, 0.15) is 0 Å². The quantitative estimate of drug-likeness (QED) is 0.678. The highest BCUT2D eigenvalue weighted by molar-refractivity contribution is 5.73. The first-order valence-corrected chi connectivity index (χ1v) is 12.0. The van der Waals surface area contributed by atoms with Crippen molar-refractivity contribution in [1.82, 2.24) is 9.80 Å². The molecule has 172 valence electrons. The number of rotatable bonds is 7. The summed E-state index contributed by atoms with van der Waals surface area (Å²) in [5.41, 5.74) is 2.48. The molecule has 32 heavy (non-hydrogen) atoms. The van der Waals surface area contributed by atoms with Crippen LogP contribution in [-0.2, 0) is 11.3 Å². The largest absolute Gasteiger partial charge is 0.504 e. The number of nitrogens with zero attached hydrogens (tertiary/aromatic N) is 2. The van der Waals surface area contributed by atoms with Crippen molar-refractivity contribution < 1.29 is 14.6 Å². The van der Waals surface area contributed by atoms with E-state index in [0.717, 1.165) is 44.6 Å². The van der Waals surface area contributed by atoms with Gasteiger partial charge in [-0.2, -0.15) is 0 Å². The molecule has 1 heterocycles. The van der Waals surface area contributed by atoms with Crippen LogP contribution >= 0.6 is 0 Å². The topological polar surface area (TPSA) is 53.0 Å². The first-order valence-electron chi connectivity index (χ1n) is 12.0. The number of benzene rings is 2. The number of likely N-dealkylation sites (tertiary alicyclic amines) is 1. The van der Waals surface area contributed by atoms with E-state index in [4.69, 9.17) is 4.74 Å². The molecule has 0 bridgehead atoms. The van der Waals surface area contributed by atoms with Crippen molar-refractivity contribution in [1.29, 1.82) is 0 Å². The summed E-state index contributed by atoms with van der Waals surface area (Å²) in [4.78, 5) is 17.3. The van der Waals surface area contributed by atoms with Crippen molar-refractivity contribution in [3.8, 4) is 11.5 Å². The molecule has 0 spiro atoms. The summed E-state index contributed by atoms with van der Waals surface area (Å²) < 4.78 is 5.30. The van der Waals surface area contributed by atoms with Crippen LogP contribution in [0.5, 0.6) is 11.5 Å². The van der Waals surface area contributed by atoms with E-state index in [9.17, 15) is 9.90 Å². The Morgan fingerprint density at radius 1 is 1.09 bits per heavy atom. The normalized spacial score (nSPS) is 22.1. The Labute approximate surface area is 192 Å². The predicted molar refractivity (Wildman–Crippen MR) is 127 cm³/mol. The zero-order valence-corrected chi connectivity index (χ0v) is 19.4. The molecule has 1 saturated carbocycles. The molecule has 2 aliphatic rings. The number of hydrogen-bond donors (Lipinski definition) is 1. The summed E-state index contributed by atoms with van der Waals surface area (Å²) in [7, 11) is 1.58. The second-order valence-electron chi connectivity index (χ2n) is 9.44. The first-order chi connectivity index (χ1) is 15.5. The van der Waals surface area contributed by atoms with Gasteiger partial charge in [-0.3, -0.25) is 9.69 Å². The smallest absolute Gasteiger partial charge is 0.219 e. The van der Waals surface area contributed by atoms with Gasteiger partial charge in [0.2, 0.25) is 5.91 Å². The average molecular weight is 437 g/mol. The highest BCUT2D eigenvalue weighted by Crippen LogP contribution is 2.36. The van der Waals surface area contributed by atoms with Crippen LogP contribution in [0.2, 0.25) is 0 Å². The number of hydrogen-bond acceptors (Lipinski definition) is 4. The Hall–Kier alpha value is -2.53. The molecule has 0 radical (unpaired) electrons. The molecule has 2 fully saturated rings. The Balaban J connectivity index is 1.53. The zero-order chi connectivity index (χ0) is 22.5. The summed E-state index contributed by atoms with van der Waals surface area (Å²) >= 11 is 0. The lowest BCUT2D eigenvalue weighted by Gasteiger charge is -2.36. The lowest BCUT2D eigenvalue weighted by Crippen LogP contribution is -2.44. The van der Waals surface area contributed by atoms with Crippen LogP contribution in [0.4, 0.5) is 0 Å². The number of phenols is 1. The van der Waals surface area contributed by atoms with E-state index >= 15 is 0 Å². The molecule has 0 aromatic heterocycles. The molecule has 2 atom stereocenters. The molecule has 1 aliphatic heterocycles. The highest BCUT2D eigenvalue weighted by atomic mass is 16.5. The molecule has 5 heteroatoms. The van der Waals surface area contributed by atoms with Gasteiger partial charge in [0.15, 0.2) is 11.5 Å². The summed E-state index contributed by atoms with van der Waals surface area (Å²) in [6.45, 7) is 5.30. The van der Waals surface area contributed by atoms with Gasteiger partial charge in [0.25, 0.3) is 0 Å². The molecule has 1 aliphatic carbocycles. The van der Waals surface area contributed by atoms with Crippen LogP contribution < -0.4 is 4.74 Å². The Morgan fingerprint density at radius 3 is 2.53 bits per heavy atom. The van der Waals surface area contributed by atoms with Crippen LogP contribution in [-0.4, -0.2) is 53.6 Å². The molecule has 1 N–H and O–H groups in total. The Kier molecular flexibility index (Phi) is 7.36. The number of phenolic OH excluding ortho intramolecular Hbond substituents is 1. The summed E-state index contributed by atoms with van der Waals surface area (Å²) in [6, 6.07) is 16.7. The SMILES string of the molecule is COc1cc(CN2CC(CN(C(C)=O)C3CCCCC3)C(c3ccccc3)C2)ccc1O. The lowest BCUT2D eigenvalue weighted by molar-refractivity contribution is -0.132. The minimum absolute atomic E-state index is 0.169. The van der Waals surface area contributed by atoms with Crippen LogP contribution in [0, 0.1) is 5.92 Å². The van der Waals surface area contributed by atoms with Crippen LogP contribution in [0.1, 0.15) is 56.1 Å². The van der Waals surface area contributed by atoms with Gasteiger partial charge in [-0.25, -0.2) is 0 Å². The number of methoxy groups -OCH3 is 1. The van der Waals surface area contributed by atoms with E-state index in [2.05, 4.69) is 40.1 Å². The molecule has 1 amide bonds. The maximum Gasteiger partial charge on any atom is 0.219 e. The fraction of sp³-hybridized carbons (Fsp3) is 0.519. The lowest BCUT2D eigenvalue weighted by atomic mass is 9.87. The van der Waals surface area contributed by atoms with Crippen LogP contribution in [0.3, 0.4) is 0 Å². The minimum Gasteiger partial charge on any atom is -0.504 e. The standard InChI is InChI=1S/C27H36N2O3/c1-20(30)29(24-11-7-4-8-12-24)18-23-17-28(19-25(23)22-9-5-3-6-10-22)16-21-13-14-26(31)27(15-21)32-2/h3,5-6,9-10,13-15,23-25,31H,4,7-8,11-12,16-19H2,1-2H3. The summed E-state index contributed by atoms with van der Waals surface area (Å²) in [5, 5.41) is 9.93. The molecule has 2 aromatic carbocycles. The zero-order valence-electron chi connectivity index (χ0n) is 19.4. The van der Waals surface area contributed by atoms with Crippen LogP contribution in [0.15, 0.2) is 48.5 Å². The van der Waals surface area contributed by atoms with E-state index in [1.54, 1.807) is 20.1 Å². The van der Waals surface area contributed by atoms with E-state index in [1.807, 2.05) is 12.1 Å². The van der Waals surface area contributed by atoms with E-state index in [1.165, 1.54) is 24.8 Å². The van der Waals surface area contributed by atoms with Crippen molar-refractivity contribution in [3.63, 3.8) is 0 Å². The number of aromatic hydroxyl groups is 1. The van der Waals surface area contributed by atoms with E-state index in [0.29, 0.717) is 23.6 Å². The van der Waals surface area contributed by atoms with Gasteiger partial charge in [-0.1, -0.05) is 55.7 Å². The maximum atomic E-state index is 12.6. The van der Waals surface area contributed by atoms with Gasteiger partial charge in [-0.15, -0.1) is 0 Å². The fourth-order valence-corrected chi connectivity index (χ4v) is 5.61. The number of ether oxygens (including phenoxy) is 1. The first kappa shape index (κ1) is 22.7. The third-order valence-electron chi connectivity index (χ3n) is 7.25. The molecule has 5 nitrogen and oxygen atoms in total. The van der Waals surface area contributed by atoms with Crippen molar-refractivity contribution in [2.75, 3.05) is 26.7 Å². The van der Waals surface area contributed by atoms with E-state index < -0.39 is 0 Å². The third kappa shape index (κ3) is 5.26. The van der Waals surface area contributed by atoms with Crippen molar-refractivity contribution in [2.24, 2.45) is 5.92 Å². The van der Waals surface area contributed by atoms with Crippen molar-refractivity contribution in [3.05, 3.63) is 59.7 Å². The molecule has 2 aromatic rings. The summed E-state index contributed by atoms with van der Waals surface area (Å²) in [6.07, 6.45) is 6.03. The molecule has 2 unspecified atom stereocenters. The fourth-order valence-electron chi connectivity index (χ4n) is 5.61. The highest BCUT2D eigenvalue weighted by Gasteiger charge is 2.37. The predicted octanol–water partition coefficient (Wildman–Crippen LogP) is 4.80. The monoisotopic (exact) mass is 436 g/mol. The number of amides is 1. The molecular formula is C27H36N2O3. The van der Waals surface area contributed by atoms with E-state index in [-0.39, 0.29) is 11.7 Å².